The molecule has 0 spiro atoms. The van der Waals surface area contributed by atoms with Crippen LogP contribution in [0.5, 0.6) is 5.75 Å². The first-order valence-corrected chi connectivity index (χ1v) is 7.58. The van der Waals surface area contributed by atoms with Gasteiger partial charge in [0.2, 0.25) is 0 Å². The third kappa shape index (κ3) is 3.89. The second-order valence-corrected chi connectivity index (χ2v) is 5.62. The third-order valence-electron chi connectivity index (χ3n) is 3.54. The van der Waals surface area contributed by atoms with Gasteiger partial charge >= 0.3 is 5.97 Å². The molecule has 0 unspecified atom stereocenters. The van der Waals surface area contributed by atoms with Crippen molar-refractivity contribution < 1.29 is 23.5 Å². The van der Waals surface area contributed by atoms with Crippen LogP contribution >= 0.6 is 11.6 Å². The molecule has 6 nitrogen and oxygen atoms in total. The standard InChI is InChI=1S/C17H18ClNO5/c1-9-10(2)24-11(3)16(9)17(21)23-8-15(20)19-13-7-12(18)5-6-14(13)22-4/h5-7H,8H2,1-4H3,(H,19,20). The number of hydrogen-bond acceptors (Lipinski definition) is 5. The first kappa shape index (κ1) is 17.9. The maximum atomic E-state index is 12.1. The molecule has 24 heavy (non-hydrogen) atoms. The summed E-state index contributed by atoms with van der Waals surface area (Å²) in [5.74, 6) is 0.463. The number of nitrogens with one attached hydrogen (secondary N) is 1. The Balaban J connectivity index is 2.01. The number of hydrogen-bond donors (Lipinski definition) is 1. The zero-order valence-corrected chi connectivity index (χ0v) is 14.6. The molecule has 0 radical (unpaired) electrons. The highest BCUT2D eigenvalue weighted by Gasteiger charge is 2.21. The van der Waals surface area contributed by atoms with Crippen LogP contribution in [0.2, 0.25) is 5.02 Å². The minimum atomic E-state index is -0.602. The van der Waals surface area contributed by atoms with Crippen LogP contribution in [0.4, 0.5) is 5.69 Å². The molecule has 2 rings (SSSR count). The fraction of sp³-hybridized carbons (Fsp3) is 0.294. The number of ether oxygens (including phenoxy) is 2. The lowest BCUT2D eigenvalue weighted by molar-refractivity contribution is -0.119. The van der Waals surface area contributed by atoms with Gasteiger partial charge in [-0.15, -0.1) is 0 Å². The number of esters is 1. The van der Waals surface area contributed by atoms with E-state index < -0.39 is 18.5 Å². The molecule has 0 aliphatic carbocycles. The van der Waals surface area contributed by atoms with Crippen molar-refractivity contribution in [3.8, 4) is 5.75 Å². The first-order valence-electron chi connectivity index (χ1n) is 7.20. The van der Waals surface area contributed by atoms with Crippen LogP contribution in [-0.4, -0.2) is 25.6 Å². The smallest absolute Gasteiger partial charge is 0.342 e. The minimum Gasteiger partial charge on any atom is -0.495 e. The van der Waals surface area contributed by atoms with Gasteiger partial charge in [0, 0.05) is 10.6 Å². The van der Waals surface area contributed by atoms with Crippen molar-refractivity contribution in [3.05, 3.63) is 45.9 Å². The van der Waals surface area contributed by atoms with Crippen LogP contribution in [0.25, 0.3) is 0 Å². The summed E-state index contributed by atoms with van der Waals surface area (Å²) in [5, 5.41) is 3.04. The number of anilines is 1. The van der Waals surface area contributed by atoms with Gasteiger partial charge in [-0.3, -0.25) is 4.79 Å². The first-order chi connectivity index (χ1) is 11.3. The molecule has 0 fully saturated rings. The van der Waals surface area contributed by atoms with Crippen LogP contribution in [-0.2, 0) is 9.53 Å². The summed E-state index contributed by atoms with van der Waals surface area (Å²) in [7, 11) is 1.48. The fourth-order valence-corrected chi connectivity index (χ4v) is 2.43. The van der Waals surface area contributed by atoms with E-state index in [4.69, 9.17) is 25.5 Å². The molecule has 0 aliphatic heterocycles. The van der Waals surface area contributed by atoms with E-state index in [1.54, 1.807) is 39.0 Å². The Hall–Kier alpha value is -2.47. The lowest BCUT2D eigenvalue weighted by Crippen LogP contribution is -2.21. The summed E-state index contributed by atoms with van der Waals surface area (Å²) in [6.45, 7) is 4.77. The normalized spacial score (nSPS) is 10.4. The molecule has 0 atom stereocenters. The molecule has 0 saturated heterocycles. The predicted octanol–water partition coefficient (Wildman–Crippen LogP) is 3.66. The maximum absolute atomic E-state index is 12.1. The number of carbonyl (C=O) groups is 2. The molecule has 1 aromatic carbocycles. The molecule has 1 N–H and O–H groups in total. The highest BCUT2D eigenvalue weighted by molar-refractivity contribution is 6.31. The zero-order valence-electron chi connectivity index (χ0n) is 13.9. The Morgan fingerprint density at radius 1 is 1.21 bits per heavy atom. The molecule has 128 valence electrons. The van der Waals surface area contributed by atoms with Crippen molar-refractivity contribution >= 4 is 29.2 Å². The van der Waals surface area contributed by atoms with Crippen molar-refractivity contribution in [2.24, 2.45) is 0 Å². The van der Waals surface area contributed by atoms with Gasteiger partial charge in [0.25, 0.3) is 5.91 Å². The quantitative estimate of drug-likeness (QED) is 0.832. The number of carbonyl (C=O) groups excluding carboxylic acids is 2. The predicted molar refractivity (Wildman–Crippen MR) is 89.8 cm³/mol. The van der Waals surface area contributed by atoms with Gasteiger partial charge in [0.15, 0.2) is 6.61 Å². The Kier molecular flexibility index (Phi) is 5.51. The monoisotopic (exact) mass is 351 g/mol. The van der Waals surface area contributed by atoms with E-state index in [0.717, 1.165) is 0 Å². The summed E-state index contributed by atoms with van der Waals surface area (Å²) in [4.78, 5) is 24.1. The highest BCUT2D eigenvalue weighted by atomic mass is 35.5. The molecule has 1 heterocycles. The lowest BCUT2D eigenvalue weighted by atomic mass is 10.1. The maximum Gasteiger partial charge on any atom is 0.342 e. The Morgan fingerprint density at radius 3 is 2.50 bits per heavy atom. The van der Waals surface area contributed by atoms with E-state index in [1.165, 1.54) is 7.11 Å². The second-order valence-electron chi connectivity index (χ2n) is 5.18. The van der Waals surface area contributed by atoms with Crippen LogP contribution in [0.1, 0.15) is 27.4 Å². The summed E-state index contributed by atoms with van der Waals surface area (Å²) in [6.07, 6.45) is 0. The highest BCUT2D eigenvalue weighted by Crippen LogP contribution is 2.27. The van der Waals surface area contributed by atoms with Gasteiger partial charge < -0.3 is 19.2 Å². The third-order valence-corrected chi connectivity index (χ3v) is 3.77. The second kappa shape index (κ2) is 7.40. The summed E-state index contributed by atoms with van der Waals surface area (Å²) >= 11 is 5.90. The van der Waals surface area contributed by atoms with Crippen molar-refractivity contribution in [2.45, 2.75) is 20.8 Å². The number of benzene rings is 1. The SMILES string of the molecule is COc1ccc(Cl)cc1NC(=O)COC(=O)c1c(C)oc(C)c1C. The van der Waals surface area contributed by atoms with Crippen LogP contribution < -0.4 is 10.1 Å². The average molecular weight is 352 g/mol. The van der Waals surface area contributed by atoms with E-state index in [0.29, 0.717) is 39.1 Å². The summed E-state index contributed by atoms with van der Waals surface area (Å²) in [6, 6.07) is 4.82. The van der Waals surface area contributed by atoms with Crippen LogP contribution in [0, 0.1) is 20.8 Å². The molecule has 2 aromatic rings. The number of furan rings is 1. The van der Waals surface area contributed by atoms with Gasteiger partial charge in [0.1, 0.15) is 22.8 Å². The number of halogens is 1. The fourth-order valence-electron chi connectivity index (χ4n) is 2.26. The van der Waals surface area contributed by atoms with E-state index in [9.17, 15) is 9.59 Å². The number of rotatable bonds is 5. The van der Waals surface area contributed by atoms with Gasteiger partial charge in [-0.1, -0.05) is 11.6 Å². The van der Waals surface area contributed by atoms with Crippen LogP contribution in [0.3, 0.4) is 0 Å². The molecule has 0 bridgehead atoms. The van der Waals surface area contributed by atoms with Gasteiger partial charge in [-0.05, 0) is 39.0 Å². The van der Waals surface area contributed by atoms with Crippen molar-refractivity contribution in [1.29, 1.82) is 0 Å². The molecule has 7 heteroatoms. The summed E-state index contributed by atoms with van der Waals surface area (Å²) in [5.41, 5.74) is 1.45. The largest absolute Gasteiger partial charge is 0.495 e. The Labute approximate surface area is 144 Å². The van der Waals surface area contributed by atoms with E-state index in [-0.39, 0.29) is 0 Å². The molecule has 0 saturated carbocycles. The van der Waals surface area contributed by atoms with Gasteiger partial charge in [0.05, 0.1) is 12.8 Å². The average Bonchev–Trinajstić information content (AvgIpc) is 2.78. The molecule has 1 aromatic heterocycles. The van der Waals surface area contributed by atoms with Crippen molar-refractivity contribution in [3.63, 3.8) is 0 Å². The zero-order chi connectivity index (χ0) is 17.9. The Morgan fingerprint density at radius 2 is 1.92 bits per heavy atom. The lowest BCUT2D eigenvalue weighted by Gasteiger charge is -2.11. The van der Waals surface area contributed by atoms with Crippen molar-refractivity contribution in [2.75, 3.05) is 19.0 Å². The van der Waals surface area contributed by atoms with Crippen molar-refractivity contribution in [1.82, 2.24) is 0 Å². The number of amides is 1. The van der Waals surface area contributed by atoms with Gasteiger partial charge in [-0.25, -0.2) is 4.79 Å². The number of methoxy groups -OCH3 is 1. The van der Waals surface area contributed by atoms with E-state index in [2.05, 4.69) is 5.32 Å². The van der Waals surface area contributed by atoms with E-state index in [1.807, 2.05) is 0 Å². The molecular weight excluding hydrogens is 334 g/mol. The molecule has 1 amide bonds. The minimum absolute atomic E-state index is 0.348. The summed E-state index contributed by atoms with van der Waals surface area (Å²) < 4.78 is 15.6. The van der Waals surface area contributed by atoms with Gasteiger partial charge in [-0.2, -0.15) is 0 Å². The topological polar surface area (TPSA) is 77.8 Å². The number of aryl methyl sites for hydroxylation is 2. The Bertz CT molecular complexity index is 782. The van der Waals surface area contributed by atoms with E-state index >= 15 is 0 Å². The molecule has 0 aliphatic rings. The van der Waals surface area contributed by atoms with Crippen LogP contribution in [0.15, 0.2) is 22.6 Å². The molecular formula is C17H18ClNO5.